The van der Waals surface area contributed by atoms with Crippen molar-refractivity contribution in [1.82, 2.24) is 4.90 Å². The molecule has 0 unspecified atom stereocenters. The minimum absolute atomic E-state index is 0.0150. The van der Waals surface area contributed by atoms with Gasteiger partial charge in [-0.3, -0.25) is 14.5 Å². The third-order valence-electron chi connectivity index (χ3n) is 3.57. The smallest absolute Gasteiger partial charge is 0.271 e. The average molecular weight is 296 g/mol. The Kier molecular flexibility index (Phi) is 4.42. The molecule has 0 saturated carbocycles. The van der Waals surface area contributed by atoms with Crippen LogP contribution in [0.5, 0.6) is 5.75 Å². The van der Waals surface area contributed by atoms with Crippen molar-refractivity contribution in [2.45, 2.75) is 13.8 Å². The number of ether oxygens (including phenoxy) is 1. The number of hydrogen-bond donors (Lipinski definition) is 0. The first-order chi connectivity index (χ1) is 10.5. The summed E-state index contributed by atoms with van der Waals surface area (Å²) in [5.41, 5.74) is 1.59. The van der Waals surface area contributed by atoms with E-state index >= 15 is 0 Å². The molecule has 0 saturated heterocycles. The van der Waals surface area contributed by atoms with Crippen LogP contribution in [0.3, 0.4) is 0 Å². The van der Waals surface area contributed by atoms with Crippen LogP contribution in [-0.4, -0.2) is 30.4 Å². The van der Waals surface area contributed by atoms with Crippen molar-refractivity contribution in [1.29, 1.82) is 5.26 Å². The third kappa shape index (κ3) is 2.63. The number of methoxy groups -OCH3 is 1. The molecule has 1 aromatic rings. The second-order valence-corrected chi connectivity index (χ2v) is 4.80. The molecule has 2 amide bonds. The number of imide groups is 1. The lowest BCUT2D eigenvalue weighted by atomic mass is 9.94. The van der Waals surface area contributed by atoms with Crippen LogP contribution in [-0.2, 0) is 9.59 Å². The molecule has 0 N–H and O–H groups in total. The lowest BCUT2D eigenvalue weighted by Gasteiger charge is -2.26. The summed E-state index contributed by atoms with van der Waals surface area (Å²) in [5, 5.41) is 9.17. The average Bonchev–Trinajstić information content (AvgIpc) is 2.53. The van der Waals surface area contributed by atoms with Crippen LogP contribution >= 0.6 is 0 Å². The second-order valence-electron chi connectivity index (χ2n) is 4.80. The lowest BCUT2D eigenvalue weighted by molar-refractivity contribution is -0.140. The largest absolute Gasteiger partial charge is 0.497 e. The Morgan fingerprint density at radius 2 is 1.86 bits per heavy atom. The van der Waals surface area contributed by atoms with Crippen molar-refractivity contribution in [2.24, 2.45) is 0 Å². The summed E-state index contributed by atoms with van der Waals surface area (Å²) in [5.74, 6) is -0.188. The van der Waals surface area contributed by atoms with Gasteiger partial charge in [-0.25, -0.2) is 0 Å². The Morgan fingerprint density at radius 1 is 1.23 bits per heavy atom. The molecule has 0 atom stereocenters. The van der Waals surface area contributed by atoms with Gasteiger partial charge in [-0.05, 0) is 43.2 Å². The van der Waals surface area contributed by atoms with Gasteiger partial charge in [-0.1, -0.05) is 12.1 Å². The highest BCUT2D eigenvalue weighted by molar-refractivity contribution is 6.19. The molecular weight excluding hydrogens is 280 g/mol. The van der Waals surface area contributed by atoms with E-state index in [2.05, 4.69) is 0 Å². The lowest BCUT2D eigenvalue weighted by Crippen LogP contribution is -2.42. The summed E-state index contributed by atoms with van der Waals surface area (Å²) in [6.45, 7) is 3.56. The zero-order chi connectivity index (χ0) is 16.3. The molecule has 0 spiro atoms. The standard InChI is InChI=1S/C17H16N2O3/c1-4-19-16(20)14(11(2)15(10-18)17(19)21)9-12-5-7-13(22-3)8-6-12/h5-9H,4H2,1-3H3/b14-9+. The van der Waals surface area contributed by atoms with Crippen LogP contribution in [0.1, 0.15) is 19.4 Å². The van der Waals surface area contributed by atoms with E-state index in [0.29, 0.717) is 16.9 Å². The van der Waals surface area contributed by atoms with Crippen molar-refractivity contribution in [3.05, 3.63) is 46.5 Å². The van der Waals surface area contributed by atoms with Crippen molar-refractivity contribution >= 4 is 17.9 Å². The number of carbonyl (C=O) groups is 2. The number of nitriles is 1. The highest BCUT2D eigenvalue weighted by atomic mass is 16.5. The number of likely N-dealkylation sites (N-methyl/N-ethyl adjacent to an activating group) is 1. The summed E-state index contributed by atoms with van der Waals surface area (Å²) >= 11 is 0. The molecule has 1 aliphatic rings. The van der Waals surface area contributed by atoms with Crippen LogP contribution in [0.25, 0.3) is 6.08 Å². The maximum atomic E-state index is 12.4. The number of nitrogens with zero attached hydrogens (tertiary/aromatic N) is 2. The summed E-state index contributed by atoms with van der Waals surface area (Å²) in [6.07, 6.45) is 1.68. The minimum Gasteiger partial charge on any atom is -0.497 e. The Bertz CT molecular complexity index is 721. The van der Waals surface area contributed by atoms with Gasteiger partial charge in [0, 0.05) is 12.1 Å². The monoisotopic (exact) mass is 296 g/mol. The van der Waals surface area contributed by atoms with Crippen molar-refractivity contribution < 1.29 is 14.3 Å². The summed E-state index contributed by atoms with van der Waals surface area (Å²) in [4.78, 5) is 25.6. The highest BCUT2D eigenvalue weighted by Crippen LogP contribution is 2.27. The molecule has 0 radical (unpaired) electrons. The molecule has 5 heteroatoms. The quantitative estimate of drug-likeness (QED) is 0.634. The fraction of sp³-hybridized carbons (Fsp3) is 0.235. The summed E-state index contributed by atoms with van der Waals surface area (Å²) in [6, 6.07) is 9.09. The molecule has 0 fully saturated rings. The summed E-state index contributed by atoms with van der Waals surface area (Å²) < 4.78 is 5.09. The first kappa shape index (κ1) is 15.5. The molecule has 0 aromatic heterocycles. The molecule has 112 valence electrons. The van der Waals surface area contributed by atoms with E-state index in [1.807, 2.05) is 18.2 Å². The van der Waals surface area contributed by atoms with E-state index in [0.717, 1.165) is 10.5 Å². The fourth-order valence-electron chi connectivity index (χ4n) is 2.28. The molecule has 0 bridgehead atoms. The van der Waals surface area contributed by atoms with Gasteiger partial charge < -0.3 is 4.74 Å². The first-order valence-corrected chi connectivity index (χ1v) is 6.86. The minimum atomic E-state index is -0.528. The van der Waals surface area contributed by atoms with Crippen LogP contribution in [0, 0.1) is 11.3 Å². The van der Waals surface area contributed by atoms with Gasteiger partial charge in [-0.15, -0.1) is 0 Å². The predicted octanol–water partition coefficient (Wildman–Crippen LogP) is 2.31. The molecule has 5 nitrogen and oxygen atoms in total. The maximum absolute atomic E-state index is 12.4. The van der Waals surface area contributed by atoms with E-state index in [-0.39, 0.29) is 18.0 Å². The Morgan fingerprint density at radius 3 is 2.36 bits per heavy atom. The van der Waals surface area contributed by atoms with Gasteiger partial charge >= 0.3 is 0 Å². The van der Waals surface area contributed by atoms with E-state index in [4.69, 9.17) is 4.74 Å². The number of benzene rings is 1. The molecule has 1 heterocycles. The van der Waals surface area contributed by atoms with E-state index in [9.17, 15) is 14.9 Å². The second kappa shape index (κ2) is 6.27. The number of rotatable bonds is 3. The van der Waals surface area contributed by atoms with Gasteiger partial charge in [0.25, 0.3) is 11.8 Å². The highest BCUT2D eigenvalue weighted by Gasteiger charge is 2.34. The number of amides is 2. The van der Waals surface area contributed by atoms with Crippen LogP contribution in [0.2, 0.25) is 0 Å². The van der Waals surface area contributed by atoms with Crippen LogP contribution < -0.4 is 4.74 Å². The fourth-order valence-corrected chi connectivity index (χ4v) is 2.28. The van der Waals surface area contributed by atoms with Gasteiger partial charge in [0.2, 0.25) is 0 Å². The SMILES string of the molecule is CCN1C(=O)C(C#N)=C(C)/C(=C\c2ccc(OC)cc2)C1=O. The van der Waals surface area contributed by atoms with Crippen molar-refractivity contribution in [3.8, 4) is 11.8 Å². The number of hydrogen-bond acceptors (Lipinski definition) is 4. The zero-order valence-electron chi connectivity index (χ0n) is 12.7. The summed E-state index contributed by atoms with van der Waals surface area (Å²) in [7, 11) is 1.58. The van der Waals surface area contributed by atoms with Gasteiger partial charge in [0.15, 0.2) is 0 Å². The molecule has 1 aromatic carbocycles. The van der Waals surface area contributed by atoms with Gasteiger partial charge in [0.05, 0.1) is 7.11 Å². The normalized spacial score (nSPS) is 17.0. The number of carbonyl (C=O) groups excluding carboxylic acids is 2. The van der Waals surface area contributed by atoms with Gasteiger partial charge in [-0.2, -0.15) is 5.26 Å². The molecule has 1 aliphatic heterocycles. The molecule has 22 heavy (non-hydrogen) atoms. The van der Waals surface area contributed by atoms with Crippen LogP contribution in [0.4, 0.5) is 0 Å². The van der Waals surface area contributed by atoms with E-state index in [1.165, 1.54) is 0 Å². The van der Waals surface area contributed by atoms with Crippen LogP contribution in [0.15, 0.2) is 41.0 Å². The first-order valence-electron chi connectivity index (χ1n) is 6.86. The van der Waals surface area contributed by atoms with E-state index in [1.54, 1.807) is 39.2 Å². The van der Waals surface area contributed by atoms with E-state index < -0.39 is 5.91 Å². The zero-order valence-corrected chi connectivity index (χ0v) is 12.7. The van der Waals surface area contributed by atoms with Gasteiger partial charge in [0.1, 0.15) is 17.4 Å². The third-order valence-corrected chi connectivity index (χ3v) is 3.57. The molecular formula is C17H16N2O3. The molecule has 0 aliphatic carbocycles. The predicted molar refractivity (Wildman–Crippen MR) is 81.7 cm³/mol. The Labute approximate surface area is 129 Å². The Balaban J connectivity index is 2.53. The topological polar surface area (TPSA) is 70.4 Å². The Hall–Kier alpha value is -2.87. The maximum Gasteiger partial charge on any atom is 0.271 e. The van der Waals surface area contributed by atoms with Crippen molar-refractivity contribution in [3.63, 3.8) is 0 Å². The van der Waals surface area contributed by atoms with Crippen molar-refractivity contribution in [2.75, 3.05) is 13.7 Å². The molecule has 2 rings (SSSR count).